The predicted molar refractivity (Wildman–Crippen MR) is 64.6 cm³/mol. The molecule has 0 radical (unpaired) electrons. The standard InChI is InChI=1S/C10H6ClFN4O3/c11-5-2-1-3-7(16(17)18)8(5)19-9-6(12)4-14-10(13)15-9/h1-4H,(H2,13,14,15). The second-order valence-corrected chi connectivity index (χ2v) is 3.74. The number of hydrogen-bond acceptors (Lipinski definition) is 6. The summed E-state index contributed by atoms with van der Waals surface area (Å²) in [5.41, 5.74) is 4.87. The number of ether oxygens (including phenoxy) is 1. The fourth-order valence-corrected chi connectivity index (χ4v) is 1.48. The number of aromatic nitrogens is 2. The van der Waals surface area contributed by atoms with Gasteiger partial charge < -0.3 is 10.5 Å². The van der Waals surface area contributed by atoms with Gasteiger partial charge in [0.15, 0.2) is 0 Å². The van der Waals surface area contributed by atoms with E-state index in [0.717, 1.165) is 6.20 Å². The van der Waals surface area contributed by atoms with Gasteiger partial charge in [-0.15, -0.1) is 0 Å². The third-order valence-corrected chi connectivity index (χ3v) is 2.37. The zero-order chi connectivity index (χ0) is 14.0. The summed E-state index contributed by atoms with van der Waals surface area (Å²) in [5.74, 6) is -2.00. The monoisotopic (exact) mass is 284 g/mol. The second-order valence-electron chi connectivity index (χ2n) is 3.33. The van der Waals surface area contributed by atoms with Gasteiger partial charge in [-0.1, -0.05) is 17.7 Å². The van der Waals surface area contributed by atoms with Crippen LogP contribution in [0.2, 0.25) is 5.02 Å². The first-order chi connectivity index (χ1) is 8.99. The van der Waals surface area contributed by atoms with Gasteiger partial charge in [0, 0.05) is 6.07 Å². The van der Waals surface area contributed by atoms with E-state index in [1.165, 1.54) is 18.2 Å². The van der Waals surface area contributed by atoms with E-state index in [1.54, 1.807) is 0 Å². The molecule has 0 aliphatic heterocycles. The second kappa shape index (κ2) is 5.02. The van der Waals surface area contributed by atoms with E-state index in [9.17, 15) is 14.5 Å². The number of rotatable bonds is 3. The molecule has 0 amide bonds. The molecular formula is C10H6ClFN4O3. The van der Waals surface area contributed by atoms with Crippen LogP contribution in [-0.4, -0.2) is 14.9 Å². The topological polar surface area (TPSA) is 104 Å². The quantitative estimate of drug-likeness (QED) is 0.686. The van der Waals surface area contributed by atoms with Crippen molar-refractivity contribution in [2.75, 3.05) is 5.73 Å². The Hall–Kier alpha value is -2.48. The summed E-state index contributed by atoms with van der Waals surface area (Å²) in [6, 6.07) is 3.91. The molecule has 7 nitrogen and oxygen atoms in total. The molecule has 98 valence electrons. The Kier molecular flexibility index (Phi) is 3.43. The number of nitro benzene ring substituents is 1. The number of nitrogens with zero attached hydrogens (tertiary/aromatic N) is 3. The average Bonchev–Trinajstić information content (AvgIpc) is 2.35. The fraction of sp³-hybridized carbons (Fsp3) is 0. The normalized spacial score (nSPS) is 10.2. The molecule has 1 aromatic carbocycles. The molecule has 0 aliphatic carbocycles. The van der Waals surface area contributed by atoms with Gasteiger partial charge in [-0.3, -0.25) is 10.1 Å². The average molecular weight is 285 g/mol. The molecule has 0 aliphatic rings. The smallest absolute Gasteiger partial charge is 0.313 e. The van der Waals surface area contributed by atoms with Crippen molar-refractivity contribution >= 4 is 23.2 Å². The van der Waals surface area contributed by atoms with Crippen molar-refractivity contribution in [1.82, 2.24) is 9.97 Å². The summed E-state index contributed by atoms with van der Waals surface area (Å²) in [5, 5.41) is 10.8. The lowest BCUT2D eigenvalue weighted by atomic mass is 10.3. The highest BCUT2D eigenvalue weighted by atomic mass is 35.5. The highest BCUT2D eigenvalue weighted by Gasteiger charge is 2.21. The first-order valence-corrected chi connectivity index (χ1v) is 5.25. The largest absolute Gasteiger partial charge is 0.427 e. The molecule has 0 fully saturated rings. The van der Waals surface area contributed by atoms with Gasteiger partial charge in [0.2, 0.25) is 17.5 Å². The summed E-state index contributed by atoms with van der Waals surface area (Å²) in [4.78, 5) is 17.0. The fourth-order valence-electron chi connectivity index (χ4n) is 1.27. The molecule has 0 unspecified atom stereocenters. The molecule has 1 heterocycles. The summed E-state index contributed by atoms with van der Waals surface area (Å²) >= 11 is 5.79. The number of halogens is 2. The number of hydrogen-bond donors (Lipinski definition) is 1. The Morgan fingerprint density at radius 2 is 2.21 bits per heavy atom. The molecule has 1 aromatic heterocycles. The number of benzene rings is 1. The molecule has 9 heteroatoms. The van der Waals surface area contributed by atoms with E-state index >= 15 is 0 Å². The van der Waals surface area contributed by atoms with E-state index < -0.39 is 22.3 Å². The molecule has 0 bridgehead atoms. The Balaban J connectivity index is 2.49. The maximum absolute atomic E-state index is 13.4. The number of nitrogen functional groups attached to an aromatic ring is 1. The maximum atomic E-state index is 13.4. The zero-order valence-corrected chi connectivity index (χ0v) is 9.96. The molecular weight excluding hydrogens is 279 g/mol. The summed E-state index contributed by atoms with van der Waals surface area (Å²) in [7, 11) is 0. The van der Waals surface area contributed by atoms with Gasteiger partial charge in [0.05, 0.1) is 16.1 Å². The van der Waals surface area contributed by atoms with Crippen molar-refractivity contribution in [3.63, 3.8) is 0 Å². The van der Waals surface area contributed by atoms with Crippen LogP contribution in [0.4, 0.5) is 16.0 Å². The lowest BCUT2D eigenvalue weighted by Gasteiger charge is -2.07. The molecule has 2 rings (SSSR count). The summed E-state index contributed by atoms with van der Waals surface area (Å²) in [6.07, 6.45) is 0.792. The van der Waals surface area contributed by atoms with Gasteiger partial charge in [-0.2, -0.15) is 9.37 Å². The van der Waals surface area contributed by atoms with Gasteiger partial charge in [-0.25, -0.2) is 4.98 Å². The lowest BCUT2D eigenvalue weighted by molar-refractivity contribution is -0.385. The zero-order valence-electron chi connectivity index (χ0n) is 9.21. The van der Waals surface area contributed by atoms with Crippen LogP contribution in [0, 0.1) is 15.9 Å². The van der Waals surface area contributed by atoms with Crippen molar-refractivity contribution in [2.45, 2.75) is 0 Å². The molecule has 19 heavy (non-hydrogen) atoms. The summed E-state index contributed by atoms with van der Waals surface area (Å²) in [6.45, 7) is 0. The Labute approximate surface area is 111 Å². The molecule has 0 saturated heterocycles. The first kappa shape index (κ1) is 13.0. The number of nitro groups is 1. The maximum Gasteiger partial charge on any atom is 0.313 e. The van der Waals surface area contributed by atoms with E-state index in [4.69, 9.17) is 22.1 Å². The predicted octanol–water partition coefficient (Wildman–Crippen LogP) is 2.55. The highest BCUT2D eigenvalue weighted by Crippen LogP contribution is 2.37. The SMILES string of the molecule is Nc1ncc(F)c(Oc2c(Cl)cccc2[N+](=O)[O-])n1. The number of anilines is 1. The van der Waals surface area contributed by atoms with Crippen LogP contribution in [0.1, 0.15) is 0 Å². The molecule has 0 atom stereocenters. The van der Waals surface area contributed by atoms with Crippen molar-refractivity contribution in [3.05, 3.63) is 45.4 Å². The van der Waals surface area contributed by atoms with Gasteiger partial charge in [0.25, 0.3) is 5.88 Å². The van der Waals surface area contributed by atoms with Crippen molar-refractivity contribution in [3.8, 4) is 11.6 Å². The minimum absolute atomic E-state index is 0.0502. The van der Waals surface area contributed by atoms with Crippen LogP contribution in [0.15, 0.2) is 24.4 Å². The molecule has 0 saturated carbocycles. The minimum atomic E-state index is -0.914. The Morgan fingerprint density at radius 1 is 1.47 bits per heavy atom. The lowest BCUT2D eigenvalue weighted by Crippen LogP contribution is -2.01. The van der Waals surface area contributed by atoms with Crippen LogP contribution in [-0.2, 0) is 0 Å². The van der Waals surface area contributed by atoms with E-state index in [2.05, 4.69) is 9.97 Å². The van der Waals surface area contributed by atoms with Crippen molar-refractivity contribution in [1.29, 1.82) is 0 Å². The van der Waals surface area contributed by atoms with Crippen molar-refractivity contribution in [2.24, 2.45) is 0 Å². The van der Waals surface area contributed by atoms with Crippen LogP contribution >= 0.6 is 11.6 Å². The molecule has 0 spiro atoms. The third-order valence-electron chi connectivity index (χ3n) is 2.07. The van der Waals surface area contributed by atoms with Crippen molar-refractivity contribution < 1.29 is 14.1 Å². The van der Waals surface area contributed by atoms with Crippen LogP contribution in [0.25, 0.3) is 0 Å². The summed E-state index contributed by atoms with van der Waals surface area (Å²) < 4.78 is 18.4. The van der Waals surface area contributed by atoms with E-state index in [0.29, 0.717) is 0 Å². The van der Waals surface area contributed by atoms with Crippen LogP contribution < -0.4 is 10.5 Å². The number of para-hydroxylation sites is 1. The third kappa shape index (κ3) is 2.68. The first-order valence-electron chi connectivity index (χ1n) is 4.88. The molecule has 2 aromatic rings. The Bertz CT molecular complexity index is 653. The van der Waals surface area contributed by atoms with Crippen LogP contribution in [0.5, 0.6) is 11.6 Å². The van der Waals surface area contributed by atoms with Crippen LogP contribution in [0.3, 0.4) is 0 Å². The number of nitrogens with two attached hydrogens (primary N) is 1. The van der Waals surface area contributed by atoms with E-state index in [-0.39, 0.29) is 16.7 Å². The molecule has 2 N–H and O–H groups in total. The van der Waals surface area contributed by atoms with Gasteiger partial charge in [-0.05, 0) is 6.07 Å². The minimum Gasteiger partial charge on any atom is -0.427 e. The van der Waals surface area contributed by atoms with E-state index in [1.807, 2.05) is 0 Å². The van der Waals surface area contributed by atoms with Gasteiger partial charge in [0.1, 0.15) is 0 Å². The Morgan fingerprint density at radius 3 is 2.89 bits per heavy atom. The van der Waals surface area contributed by atoms with Gasteiger partial charge >= 0.3 is 5.69 Å². The highest BCUT2D eigenvalue weighted by molar-refractivity contribution is 6.32.